The summed E-state index contributed by atoms with van der Waals surface area (Å²) in [6.07, 6.45) is 2.04. The van der Waals surface area contributed by atoms with Gasteiger partial charge in [-0.05, 0) is 31.9 Å². The van der Waals surface area contributed by atoms with E-state index in [0.29, 0.717) is 25.6 Å². The van der Waals surface area contributed by atoms with Gasteiger partial charge in [0.25, 0.3) is 0 Å². The molecule has 2 N–H and O–H groups in total. The molecule has 0 amide bonds. The van der Waals surface area contributed by atoms with E-state index in [1.165, 1.54) is 12.1 Å². The summed E-state index contributed by atoms with van der Waals surface area (Å²) in [5, 5.41) is 0. The van der Waals surface area contributed by atoms with E-state index in [-0.39, 0.29) is 11.9 Å². The van der Waals surface area contributed by atoms with Crippen LogP contribution in [0.2, 0.25) is 0 Å². The van der Waals surface area contributed by atoms with Gasteiger partial charge in [0.15, 0.2) is 0 Å². The van der Waals surface area contributed by atoms with Crippen LogP contribution in [0, 0.1) is 5.82 Å². The Hall–Kier alpha value is -1.33. The first-order chi connectivity index (χ1) is 9.70. The van der Waals surface area contributed by atoms with Crippen LogP contribution in [0.3, 0.4) is 0 Å². The third-order valence-electron chi connectivity index (χ3n) is 3.41. The van der Waals surface area contributed by atoms with Crippen molar-refractivity contribution in [1.82, 2.24) is 0 Å². The molecular formula is C15H23FN2O2. The molecule has 1 aromatic carbocycles. The molecule has 112 valence electrons. The fourth-order valence-corrected chi connectivity index (χ4v) is 2.44. The minimum absolute atomic E-state index is 0.142. The van der Waals surface area contributed by atoms with Crippen molar-refractivity contribution in [2.75, 3.05) is 37.8 Å². The highest BCUT2D eigenvalue weighted by atomic mass is 19.1. The Labute approximate surface area is 119 Å². The molecule has 5 heteroatoms. The van der Waals surface area contributed by atoms with E-state index in [1.54, 1.807) is 6.07 Å². The summed E-state index contributed by atoms with van der Waals surface area (Å²) in [5.41, 5.74) is 6.78. The lowest BCUT2D eigenvalue weighted by molar-refractivity contribution is 0.110. The third-order valence-corrected chi connectivity index (χ3v) is 3.41. The Bertz CT molecular complexity index is 428. The molecule has 0 aliphatic carbocycles. The van der Waals surface area contributed by atoms with Crippen molar-refractivity contribution in [3.05, 3.63) is 24.0 Å². The molecule has 0 aromatic heterocycles. The van der Waals surface area contributed by atoms with Crippen LogP contribution >= 0.6 is 0 Å². The van der Waals surface area contributed by atoms with E-state index in [4.69, 9.17) is 15.2 Å². The molecule has 0 saturated carbocycles. The molecule has 1 saturated heterocycles. The highest BCUT2D eigenvalue weighted by Gasteiger charge is 2.20. The average molecular weight is 282 g/mol. The number of nitrogens with two attached hydrogens (primary N) is 1. The van der Waals surface area contributed by atoms with Crippen molar-refractivity contribution in [1.29, 1.82) is 0 Å². The van der Waals surface area contributed by atoms with Crippen LogP contribution in [0.1, 0.15) is 19.8 Å². The van der Waals surface area contributed by atoms with Crippen LogP contribution in [-0.4, -0.2) is 39.0 Å². The molecule has 0 radical (unpaired) electrons. The fourth-order valence-electron chi connectivity index (χ4n) is 2.44. The van der Waals surface area contributed by atoms with Gasteiger partial charge in [0, 0.05) is 31.8 Å². The number of anilines is 1. The largest absolute Gasteiger partial charge is 0.489 e. The number of hydrogen-bond acceptors (Lipinski definition) is 4. The number of piperidine rings is 1. The normalized spacial score (nSPS) is 19.1. The van der Waals surface area contributed by atoms with Crippen molar-refractivity contribution in [2.24, 2.45) is 5.73 Å². The fraction of sp³-hybridized carbons (Fsp3) is 0.600. The highest BCUT2D eigenvalue weighted by Crippen LogP contribution is 2.31. The summed E-state index contributed by atoms with van der Waals surface area (Å²) in [6, 6.07) is 4.76. The van der Waals surface area contributed by atoms with Crippen molar-refractivity contribution < 1.29 is 13.9 Å². The first-order valence-corrected chi connectivity index (χ1v) is 7.21. The SMILES string of the molecule is CCOCCOc1ccc(F)cc1N1CCCC(N)C1. The maximum Gasteiger partial charge on any atom is 0.142 e. The van der Waals surface area contributed by atoms with Crippen molar-refractivity contribution in [3.8, 4) is 5.75 Å². The van der Waals surface area contributed by atoms with Gasteiger partial charge in [-0.2, -0.15) is 0 Å². The van der Waals surface area contributed by atoms with Crippen LogP contribution in [-0.2, 0) is 4.74 Å². The molecule has 1 aliphatic heterocycles. The van der Waals surface area contributed by atoms with Crippen LogP contribution in [0.25, 0.3) is 0 Å². The monoisotopic (exact) mass is 282 g/mol. The summed E-state index contributed by atoms with van der Waals surface area (Å²) in [7, 11) is 0. The number of rotatable bonds is 6. The number of benzene rings is 1. The second-order valence-corrected chi connectivity index (χ2v) is 5.01. The van der Waals surface area contributed by atoms with Crippen molar-refractivity contribution in [3.63, 3.8) is 0 Å². The van der Waals surface area contributed by atoms with Crippen LogP contribution in [0.15, 0.2) is 18.2 Å². The number of nitrogens with zero attached hydrogens (tertiary/aromatic N) is 1. The average Bonchev–Trinajstić information content (AvgIpc) is 2.45. The topological polar surface area (TPSA) is 47.7 Å². The standard InChI is InChI=1S/C15H23FN2O2/c1-2-19-8-9-20-15-6-5-12(16)10-14(15)18-7-3-4-13(17)11-18/h5-6,10,13H,2-4,7-9,11,17H2,1H3. The molecule has 1 atom stereocenters. The molecule has 2 rings (SSSR count). The first kappa shape index (κ1) is 15.1. The van der Waals surface area contributed by atoms with E-state index < -0.39 is 0 Å². The first-order valence-electron chi connectivity index (χ1n) is 7.21. The van der Waals surface area contributed by atoms with Gasteiger partial charge in [0.1, 0.15) is 18.2 Å². The van der Waals surface area contributed by atoms with Gasteiger partial charge in [0.2, 0.25) is 0 Å². The minimum atomic E-state index is -0.253. The van der Waals surface area contributed by atoms with Gasteiger partial charge in [-0.15, -0.1) is 0 Å². The smallest absolute Gasteiger partial charge is 0.142 e. The van der Waals surface area contributed by atoms with Crippen LogP contribution in [0.4, 0.5) is 10.1 Å². The molecule has 1 fully saturated rings. The van der Waals surface area contributed by atoms with Crippen molar-refractivity contribution >= 4 is 5.69 Å². The summed E-state index contributed by atoms with van der Waals surface area (Å²) >= 11 is 0. The maximum absolute atomic E-state index is 13.5. The second-order valence-electron chi connectivity index (χ2n) is 5.01. The molecule has 0 bridgehead atoms. The van der Waals surface area contributed by atoms with Gasteiger partial charge in [-0.25, -0.2) is 4.39 Å². The lowest BCUT2D eigenvalue weighted by Crippen LogP contribution is -2.43. The van der Waals surface area contributed by atoms with E-state index in [2.05, 4.69) is 4.90 Å². The number of halogens is 1. The van der Waals surface area contributed by atoms with Gasteiger partial charge < -0.3 is 20.1 Å². The van der Waals surface area contributed by atoms with Crippen molar-refractivity contribution in [2.45, 2.75) is 25.8 Å². The van der Waals surface area contributed by atoms with E-state index >= 15 is 0 Å². The molecule has 1 heterocycles. The highest BCUT2D eigenvalue weighted by molar-refractivity contribution is 5.59. The lowest BCUT2D eigenvalue weighted by atomic mass is 10.1. The Morgan fingerprint density at radius 3 is 3.00 bits per heavy atom. The molecule has 4 nitrogen and oxygen atoms in total. The predicted molar refractivity (Wildman–Crippen MR) is 77.8 cm³/mol. The van der Waals surface area contributed by atoms with E-state index in [9.17, 15) is 4.39 Å². The molecule has 1 aromatic rings. The Morgan fingerprint density at radius 2 is 2.25 bits per heavy atom. The molecule has 20 heavy (non-hydrogen) atoms. The van der Waals surface area contributed by atoms with Gasteiger partial charge in [-0.1, -0.05) is 0 Å². The van der Waals surface area contributed by atoms with Gasteiger partial charge in [-0.3, -0.25) is 0 Å². The van der Waals surface area contributed by atoms with Crippen LogP contribution in [0.5, 0.6) is 5.75 Å². The second kappa shape index (κ2) is 7.45. The molecule has 1 unspecified atom stereocenters. The minimum Gasteiger partial charge on any atom is -0.489 e. The summed E-state index contributed by atoms with van der Waals surface area (Å²) in [5.74, 6) is 0.441. The summed E-state index contributed by atoms with van der Waals surface area (Å²) in [6.45, 7) is 5.24. The molecule has 0 spiro atoms. The maximum atomic E-state index is 13.5. The van der Waals surface area contributed by atoms with Gasteiger partial charge >= 0.3 is 0 Å². The Balaban J connectivity index is 2.06. The zero-order valence-electron chi connectivity index (χ0n) is 12.0. The summed E-state index contributed by atoms with van der Waals surface area (Å²) in [4.78, 5) is 2.10. The zero-order valence-corrected chi connectivity index (χ0v) is 12.0. The van der Waals surface area contributed by atoms with E-state index in [0.717, 1.165) is 31.6 Å². The lowest BCUT2D eigenvalue weighted by Gasteiger charge is -2.33. The van der Waals surface area contributed by atoms with E-state index in [1.807, 2.05) is 6.92 Å². The molecular weight excluding hydrogens is 259 g/mol. The predicted octanol–water partition coefficient (Wildman–Crippen LogP) is 2.17. The zero-order chi connectivity index (χ0) is 14.4. The Kier molecular flexibility index (Phi) is 5.61. The Morgan fingerprint density at radius 1 is 1.40 bits per heavy atom. The van der Waals surface area contributed by atoms with Crippen LogP contribution < -0.4 is 15.4 Å². The number of ether oxygens (including phenoxy) is 2. The quantitative estimate of drug-likeness (QED) is 0.812. The molecule has 1 aliphatic rings. The summed E-state index contributed by atoms with van der Waals surface area (Å²) < 4.78 is 24.5. The van der Waals surface area contributed by atoms with Gasteiger partial charge in [0.05, 0.1) is 12.3 Å². The number of hydrogen-bond donors (Lipinski definition) is 1. The third kappa shape index (κ3) is 4.08.